The van der Waals surface area contributed by atoms with E-state index in [9.17, 15) is 14.7 Å². The summed E-state index contributed by atoms with van der Waals surface area (Å²) in [5, 5.41) is 11.1. The van der Waals surface area contributed by atoms with E-state index < -0.39 is 0 Å². The van der Waals surface area contributed by atoms with Crippen LogP contribution >= 0.6 is 0 Å². The van der Waals surface area contributed by atoms with E-state index in [4.69, 9.17) is 0 Å². The summed E-state index contributed by atoms with van der Waals surface area (Å²) in [5.41, 5.74) is 1.71. The van der Waals surface area contributed by atoms with E-state index in [1.165, 1.54) is 44.1 Å². The Balaban J connectivity index is 1.15. The monoisotopic (exact) mass is 648 g/mol. The molecule has 12 atom stereocenters. The third-order valence-corrected chi connectivity index (χ3v) is 18.5. The second-order valence-electron chi connectivity index (χ2n) is 20.5. The van der Waals surface area contributed by atoms with Crippen molar-refractivity contribution in [1.82, 2.24) is 4.90 Å². The maximum Gasteiger partial charge on any atom is 0.226 e. The van der Waals surface area contributed by atoms with Crippen molar-refractivity contribution >= 4 is 11.7 Å². The summed E-state index contributed by atoms with van der Waals surface area (Å²) in [6.07, 6.45) is 16.3. The van der Waals surface area contributed by atoms with Gasteiger partial charge in [-0.05, 0) is 159 Å². The van der Waals surface area contributed by atoms with Gasteiger partial charge >= 0.3 is 0 Å². The average molecular weight is 648 g/mol. The summed E-state index contributed by atoms with van der Waals surface area (Å²) in [7, 11) is 0. The SMILES string of the molecule is C=C(C)[C@@H]1CC[C@]2(C(=O)C[C@H]3C[C@@H](C(=O)N4CCCCC4)C3(C)C)CC[C@]3(C)[C@H](CC[C@@H]4[C@@]5(C)CC[C@H](O)C(C)(C)[C@@H]5CC[C@]43C)[C@@H]12. The van der Waals surface area contributed by atoms with E-state index in [1.807, 2.05) is 0 Å². The van der Waals surface area contributed by atoms with Crippen LogP contribution in [-0.4, -0.2) is 40.9 Å². The predicted octanol–water partition coefficient (Wildman–Crippen LogP) is 9.64. The molecule has 0 aromatic rings. The van der Waals surface area contributed by atoms with E-state index in [2.05, 4.69) is 66.9 Å². The number of nitrogens with zero attached hydrogens (tertiary/aromatic N) is 1. The smallest absolute Gasteiger partial charge is 0.226 e. The molecule has 47 heavy (non-hydrogen) atoms. The number of likely N-dealkylation sites (tertiary alicyclic amines) is 1. The zero-order valence-corrected chi connectivity index (χ0v) is 31.6. The van der Waals surface area contributed by atoms with Crippen molar-refractivity contribution in [2.24, 2.45) is 73.9 Å². The number of hydrogen-bond acceptors (Lipinski definition) is 3. The maximum absolute atomic E-state index is 15.0. The quantitative estimate of drug-likeness (QED) is 0.302. The number of carbonyl (C=O) groups excluding carboxylic acids is 2. The van der Waals surface area contributed by atoms with Crippen molar-refractivity contribution in [2.45, 2.75) is 158 Å². The number of aliphatic hydroxyl groups excluding tert-OH is 1. The van der Waals surface area contributed by atoms with Gasteiger partial charge < -0.3 is 10.0 Å². The molecule has 4 nitrogen and oxygen atoms in total. The number of rotatable bonds is 5. The second kappa shape index (κ2) is 11.2. The minimum Gasteiger partial charge on any atom is -0.393 e. The highest BCUT2D eigenvalue weighted by Crippen LogP contribution is 2.78. The summed E-state index contributed by atoms with van der Waals surface area (Å²) < 4.78 is 0. The minimum atomic E-state index is -0.215. The van der Waals surface area contributed by atoms with Gasteiger partial charge in [-0.2, -0.15) is 0 Å². The Morgan fingerprint density at radius 3 is 2.13 bits per heavy atom. The molecule has 0 aromatic heterocycles. The number of amides is 1. The van der Waals surface area contributed by atoms with Gasteiger partial charge in [0.2, 0.25) is 5.91 Å². The van der Waals surface area contributed by atoms with Gasteiger partial charge in [0.25, 0.3) is 0 Å². The number of hydrogen-bond donors (Lipinski definition) is 1. The molecule has 4 heteroatoms. The molecular formula is C43H69NO3. The molecule has 6 saturated carbocycles. The Morgan fingerprint density at radius 2 is 1.47 bits per heavy atom. The predicted molar refractivity (Wildman–Crippen MR) is 190 cm³/mol. The molecule has 0 bridgehead atoms. The first kappa shape index (κ1) is 34.3. The third kappa shape index (κ3) is 4.59. The molecule has 7 aliphatic rings. The Morgan fingerprint density at radius 1 is 0.766 bits per heavy atom. The first-order chi connectivity index (χ1) is 21.9. The van der Waals surface area contributed by atoms with Crippen LogP contribution in [0, 0.1) is 73.9 Å². The van der Waals surface area contributed by atoms with Crippen LogP contribution in [0.3, 0.4) is 0 Å². The molecule has 6 aliphatic carbocycles. The third-order valence-electron chi connectivity index (χ3n) is 18.5. The number of carbonyl (C=O) groups is 2. The van der Waals surface area contributed by atoms with Gasteiger partial charge in [-0.25, -0.2) is 0 Å². The van der Waals surface area contributed by atoms with E-state index in [0.717, 1.165) is 64.5 Å². The fourth-order valence-corrected chi connectivity index (χ4v) is 15.2. The van der Waals surface area contributed by atoms with Crippen LogP contribution < -0.4 is 0 Å². The van der Waals surface area contributed by atoms with E-state index >= 15 is 0 Å². The van der Waals surface area contributed by atoms with E-state index in [-0.39, 0.29) is 44.5 Å². The maximum atomic E-state index is 15.0. The van der Waals surface area contributed by atoms with E-state index in [1.54, 1.807) is 0 Å². The van der Waals surface area contributed by atoms with Crippen LogP contribution in [0.5, 0.6) is 0 Å². The first-order valence-corrected chi connectivity index (χ1v) is 20.1. The summed E-state index contributed by atoms with van der Waals surface area (Å²) in [4.78, 5) is 30.6. The Labute approximate surface area is 287 Å². The molecule has 0 radical (unpaired) electrons. The molecular weight excluding hydrogens is 578 g/mol. The molecule has 1 heterocycles. The number of fused-ring (bicyclic) bond motifs is 7. The summed E-state index contributed by atoms with van der Waals surface area (Å²) >= 11 is 0. The minimum absolute atomic E-state index is 0.0244. The number of piperidine rings is 1. The van der Waals surface area contributed by atoms with Gasteiger partial charge in [-0.1, -0.05) is 60.6 Å². The van der Waals surface area contributed by atoms with Crippen LogP contribution in [0.15, 0.2) is 12.2 Å². The van der Waals surface area contributed by atoms with Gasteiger partial charge in [-0.3, -0.25) is 9.59 Å². The van der Waals surface area contributed by atoms with Crippen LogP contribution in [0.1, 0.15) is 152 Å². The van der Waals surface area contributed by atoms with Gasteiger partial charge in [0, 0.05) is 30.8 Å². The fraction of sp³-hybridized carbons (Fsp3) is 0.907. The zero-order valence-electron chi connectivity index (χ0n) is 31.6. The van der Waals surface area contributed by atoms with Crippen LogP contribution in [0.2, 0.25) is 0 Å². The zero-order chi connectivity index (χ0) is 33.9. The van der Waals surface area contributed by atoms with Crippen molar-refractivity contribution in [2.75, 3.05) is 13.1 Å². The van der Waals surface area contributed by atoms with Crippen molar-refractivity contribution < 1.29 is 14.7 Å². The lowest BCUT2D eigenvalue weighted by Crippen LogP contribution is -2.67. The highest BCUT2D eigenvalue weighted by molar-refractivity contribution is 5.87. The van der Waals surface area contributed by atoms with Gasteiger partial charge in [0.15, 0.2) is 0 Å². The normalized spacial score (nSPS) is 49.9. The molecule has 264 valence electrons. The summed E-state index contributed by atoms with van der Waals surface area (Å²) in [6.45, 7) is 25.9. The largest absolute Gasteiger partial charge is 0.393 e. The molecule has 7 rings (SSSR count). The van der Waals surface area contributed by atoms with Crippen molar-refractivity contribution in [1.29, 1.82) is 0 Å². The lowest BCUT2D eigenvalue weighted by molar-refractivity contribution is -0.246. The van der Waals surface area contributed by atoms with Crippen LogP contribution in [-0.2, 0) is 9.59 Å². The highest BCUT2D eigenvalue weighted by Gasteiger charge is 2.72. The topological polar surface area (TPSA) is 57.6 Å². The summed E-state index contributed by atoms with van der Waals surface area (Å²) in [5.74, 6) is 3.97. The first-order valence-electron chi connectivity index (χ1n) is 20.1. The van der Waals surface area contributed by atoms with Crippen LogP contribution in [0.25, 0.3) is 0 Å². The molecule has 1 amide bonds. The number of ketones is 1. The van der Waals surface area contributed by atoms with Gasteiger partial charge in [0.05, 0.1) is 6.10 Å². The molecule has 0 aromatic carbocycles. The molecule has 0 spiro atoms. The van der Waals surface area contributed by atoms with Gasteiger partial charge in [0.1, 0.15) is 5.78 Å². The molecule has 0 unspecified atom stereocenters. The van der Waals surface area contributed by atoms with Crippen molar-refractivity contribution in [3.63, 3.8) is 0 Å². The van der Waals surface area contributed by atoms with Crippen molar-refractivity contribution in [3.8, 4) is 0 Å². The Hall–Kier alpha value is -1.16. The van der Waals surface area contributed by atoms with Gasteiger partial charge in [-0.15, -0.1) is 0 Å². The molecule has 1 saturated heterocycles. The Kier molecular flexibility index (Phi) is 8.15. The van der Waals surface area contributed by atoms with E-state index in [0.29, 0.717) is 53.6 Å². The highest BCUT2D eigenvalue weighted by atomic mass is 16.3. The number of Topliss-reactive ketones (excluding diaryl/α,β-unsaturated/α-hetero) is 1. The average Bonchev–Trinajstić information content (AvgIpc) is 3.43. The number of allylic oxidation sites excluding steroid dienone is 1. The molecule has 1 aliphatic heterocycles. The number of aliphatic hydroxyl groups is 1. The molecule has 1 N–H and O–H groups in total. The van der Waals surface area contributed by atoms with Crippen LogP contribution in [0.4, 0.5) is 0 Å². The standard InChI is InChI=1S/C43H69NO3/c1-27(2)29-15-20-43(35(46)26-28-25-31(38(28,3)4)37(47)44-23-11-10-12-24-44)22-21-41(8)30(36(29)43)13-14-33-40(7)18-17-34(45)39(5,6)32(40)16-19-42(33,41)9/h28-34,36,45H,1,10-26H2,2-9H3/t28-,29+,30-,31+,32+,33-,34+,36-,40+,41-,42-,43-/m1/s1. The molecule has 7 fully saturated rings. The van der Waals surface area contributed by atoms with Crippen molar-refractivity contribution in [3.05, 3.63) is 12.2 Å². The summed E-state index contributed by atoms with van der Waals surface area (Å²) in [6, 6.07) is 0. The lowest BCUT2D eigenvalue weighted by Gasteiger charge is -2.73. The lowest BCUT2D eigenvalue weighted by atomic mass is 9.32. The fourth-order valence-electron chi connectivity index (χ4n) is 15.2. The second-order valence-corrected chi connectivity index (χ2v) is 20.5. The Bertz CT molecular complexity index is 1290.